The van der Waals surface area contributed by atoms with E-state index in [1.165, 1.54) is 7.11 Å². The van der Waals surface area contributed by atoms with Crippen molar-refractivity contribution in [1.82, 2.24) is 9.78 Å². The van der Waals surface area contributed by atoms with E-state index >= 15 is 0 Å². The summed E-state index contributed by atoms with van der Waals surface area (Å²) in [4.78, 5) is 36.7. The molecule has 26 heavy (non-hydrogen) atoms. The molecule has 0 fully saturated rings. The maximum atomic E-state index is 12.3. The minimum absolute atomic E-state index is 0.170. The first-order chi connectivity index (χ1) is 12.4. The largest absolute Gasteiger partial charge is 0.465 e. The second kappa shape index (κ2) is 8.61. The van der Waals surface area contributed by atoms with Gasteiger partial charge in [0.25, 0.3) is 0 Å². The minimum Gasteiger partial charge on any atom is -0.465 e. The number of nitrogens with zero attached hydrogens (tertiary/aromatic N) is 2. The van der Waals surface area contributed by atoms with E-state index in [9.17, 15) is 14.4 Å². The molecule has 0 saturated carbocycles. The van der Waals surface area contributed by atoms with Crippen molar-refractivity contribution in [3.63, 3.8) is 0 Å². The molecule has 1 amide bonds. The molecule has 9 heteroatoms. The molecule has 140 valence electrons. The van der Waals surface area contributed by atoms with Gasteiger partial charge in [0.1, 0.15) is 9.88 Å². The van der Waals surface area contributed by atoms with E-state index in [1.54, 1.807) is 24.7 Å². The van der Waals surface area contributed by atoms with Crippen molar-refractivity contribution in [2.75, 3.05) is 19.0 Å². The van der Waals surface area contributed by atoms with Crippen LogP contribution in [0.25, 0.3) is 0 Å². The molecule has 2 aromatic rings. The lowest BCUT2D eigenvalue weighted by molar-refractivity contribution is -0.116. The number of carbonyl (C=O) groups excluding carboxylic acids is 3. The number of carbonyl (C=O) groups is 3. The van der Waals surface area contributed by atoms with Gasteiger partial charge in [-0.05, 0) is 32.4 Å². The molecule has 1 N–H and O–H groups in total. The predicted molar refractivity (Wildman–Crippen MR) is 96.6 cm³/mol. The Balaban J connectivity index is 2.18. The summed E-state index contributed by atoms with van der Waals surface area (Å²) in [5.41, 5.74) is 1.47. The molecule has 0 atom stereocenters. The van der Waals surface area contributed by atoms with E-state index in [4.69, 9.17) is 9.47 Å². The maximum absolute atomic E-state index is 12.3. The lowest BCUT2D eigenvalue weighted by Crippen LogP contribution is -2.16. The number of thiophene rings is 1. The van der Waals surface area contributed by atoms with Crippen LogP contribution in [0.5, 0.6) is 0 Å². The molecule has 0 aromatic carbocycles. The number of hydrogen-bond acceptors (Lipinski definition) is 7. The number of esters is 2. The van der Waals surface area contributed by atoms with Crippen LogP contribution in [0.2, 0.25) is 0 Å². The Kier molecular flexibility index (Phi) is 6.51. The van der Waals surface area contributed by atoms with E-state index in [-0.39, 0.29) is 34.4 Å². The number of rotatable bonds is 7. The summed E-state index contributed by atoms with van der Waals surface area (Å²) in [7, 11) is 1.25. The molecule has 0 aliphatic heterocycles. The minimum atomic E-state index is -0.618. The number of aromatic nitrogens is 2. The number of hydrogen-bond donors (Lipinski definition) is 1. The van der Waals surface area contributed by atoms with Gasteiger partial charge in [-0.1, -0.05) is 0 Å². The summed E-state index contributed by atoms with van der Waals surface area (Å²) in [6.45, 7) is 5.81. The van der Waals surface area contributed by atoms with Crippen molar-refractivity contribution in [3.8, 4) is 0 Å². The van der Waals surface area contributed by atoms with E-state index < -0.39 is 11.9 Å². The van der Waals surface area contributed by atoms with Crippen LogP contribution in [-0.4, -0.2) is 41.3 Å². The predicted octanol–water partition coefficient (Wildman–Crippen LogP) is 2.55. The van der Waals surface area contributed by atoms with Gasteiger partial charge in [-0.15, -0.1) is 11.3 Å². The Morgan fingerprint density at radius 3 is 2.58 bits per heavy atom. The van der Waals surface area contributed by atoms with Gasteiger partial charge in [0.2, 0.25) is 5.91 Å². The fraction of sp³-hybridized carbons (Fsp3) is 0.412. The van der Waals surface area contributed by atoms with Crippen LogP contribution in [0.15, 0.2) is 12.3 Å². The molecule has 0 aliphatic carbocycles. The summed E-state index contributed by atoms with van der Waals surface area (Å²) in [6, 6.07) is 1.85. The summed E-state index contributed by atoms with van der Waals surface area (Å²) in [5, 5.41) is 7.18. The summed E-state index contributed by atoms with van der Waals surface area (Å²) < 4.78 is 11.4. The SMILES string of the molecule is CCOC(=O)c1sc(NC(=O)CCn2ccc(C)n2)c(C(=O)OC)c1C. The number of anilines is 1. The maximum Gasteiger partial charge on any atom is 0.348 e. The van der Waals surface area contributed by atoms with Crippen LogP contribution in [0.3, 0.4) is 0 Å². The first-order valence-corrected chi connectivity index (χ1v) is 8.87. The van der Waals surface area contributed by atoms with Crippen molar-refractivity contribution in [2.24, 2.45) is 0 Å². The van der Waals surface area contributed by atoms with Crippen molar-refractivity contribution in [1.29, 1.82) is 0 Å². The Bertz CT molecular complexity index is 824. The Labute approximate surface area is 155 Å². The van der Waals surface area contributed by atoms with E-state index in [1.807, 2.05) is 13.0 Å². The molecule has 8 nitrogen and oxygen atoms in total. The van der Waals surface area contributed by atoms with Crippen molar-refractivity contribution in [2.45, 2.75) is 33.7 Å². The van der Waals surface area contributed by atoms with Gasteiger partial charge >= 0.3 is 11.9 Å². The van der Waals surface area contributed by atoms with Crippen molar-refractivity contribution < 1.29 is 23.9 Å². The lowest BCUT2D eigenvalue weighted by Gasteiger charge is -2.06. The number of ether oxygens (including phenoxy) is 2. The highest BCUT2D eigenvalue weighted by molar-refractivity contribution is 7.18. The molecule has 0 spiro atoms. The lowest BCUT2D eigenvalue weighted by atomic mass is 10.1. The van der Waals surface area contributed by atoms with E-state index in [0.29, 0.717) is 12.1 Å². The molecule has 0 saturated heterocycles. The van der Waals surface area contributed by atoms with Gasteiger partial charge in [0.05, 0.1) is 25.0 Å². The summed E-state index contributed by atoms with van der Waals surface area (Å²) in [6.07, 6.45) is 1.96. The number of methoxy groups -OCH3 is 1. The Morgan fingerprint density at radius 1 is 1.27 bits per heavy atom. The van der Waals surface area contributed by atoms with Crippen LogP contribution in [0, 0.1) is 13.8 Å². The van der Waals surface area contributed by atoms with Crippen LogP contribution in [0.4, 0.5) is 5.00 Å². The number of nitrogens with one attached hydrogen (secondary N) is 1. The molecule has 0 bridgehead atoms. The number of aryl methyl sites for hydroxylation is 2. The molecular formula is C17H21N3O5S. The molecule has 2 heterocycles. The highest BCUT2D eigenvalue weighted by atomic mass is 32.1. The van der Waals surface area contributed by atoms with Gasteiger partial charge in [0.15, 0.2) is 0 Å². The summed E-state index contributed by atoms with van der Waals surface area (Å²) in [5.74, 6) is -1.44. The zero-order valence-corrected chi connectivity index (χ0v) is 15.9. The Morgan fingerprint density at radius 2 is 2.00 bits per heavy atom. The van der Waals surface area contributed by atoms with Gasteiger partial charge in [-0.3, -0.25) is 9.48 Å². The highest BCUT2D eigenvalue weighted by Crippen LogP contribution is 2.34. The van der Waals surface area contributed by atoms with E-state index in [2.05, 4.69) is 10.4 Å². The quantitative estimate of drug-likeness (QED) is 0.742. The highest BCUT2D eigenvalue weighted by Gasteiger charge is 2.26. The third kappa shape index (κ3) is 4.48. The fourth-order valence-corrected chi connectivity index (χ4v) is 3.44. The van der Waals surface area contributed by atoms with E-state index in [0.717, 1.165) is 17.0 Å². The van der Waals surface area contributed by atoms with Crippen LogP contribution in [0.1, 0.15) is 44.6 Å². The van der Waals surface area contributed by atoms with Crippen molar-refractivity contribution in [3.05, 3.63) is 34.0 Å². The third-order valence-electron chi connectivity index (χ3n) is 3.59. The zero-order chi connectivity index (χ0) is 19.3. The smallest absolute Gasteiger partial charge is 0.348 e. The topological polar surface area (TPSA) is 99.5 Å². The normalized spacial score (nSPS) is 10.5. The second-order valence-corrected chi connectivity index (χ2v) is 6.51. The molecule has 0 unspecified atom stereocenters. The first-order valence-electron chi connectivity index (χ1n) is 8.06. The van der Waals surface area contributed by atoms with Crippen LogP contribution in [-0.2, 0) is 20.8 Å². The molecule has 0 radical (unpaired) electrons. The van der Waals surface area contributed by atoms with Gasteiger partial charge in [0, 0.05) is 19.2 Å². The average Bonchev–Trinajstić information content (AvgIpc) is 3.16. The standard InChI is InChI=1S/C17H21N3O5S/c1-5-25-17(23)14-11(3)13(16(22)24-4)15(26-14)18-12(21)7-9-20-8-6-10(2)19-20/h6,8H,5,7,9H2,1-4H3,(H,18,21). The van der Waals surface area contributed by atoms with Crippen LogP contribution < -0.4 is 5.32 Å². The van der Waals surface area contributed by atoms with Crippen molar-refractivity contribution >= 4 is 34.2 Å². The molecule has 0 aliphatic rings. The number of amides is 1. The first kappa shape index (κ1) is 19.6. The molecule has 2 aromatic heterocycles. The summed E-state index contributed by atoms with van der Waals surface area (Å²) >= 11 is 1.00. The van der Waals surface area contributed by atoms with Gasteiger partial charge in [-0.25, -0.2) is 9.59 Å². The van der Waals surface area contributed by atoms with Crippen LogP contribution >= 0.6 is 11.3 Å². The third-order valence-corrected chi connectivity index (χ3v) is 4.78. The molecule has 2 rings (SSSR count). The van der Waals surface area contributed by atoms with Gasteiger partial charge in [-0.2, -0.15) is 5.10 Å². The molecular weight excluding hydrogens is 358 g/mol. The fourth-order valence-electron chi connectivity index (χ4n) is 2.33. The zero-order valence-electron chi connectivity index (χ0n) is 15.1. The second-order valence-electron chi connectivity index (χ2n) is 5.49. The average molecular weight is 379 g/mol. The van der Waals surface area contributed by atoms with Gasteiger partial charge < -0.3 is 14.8 Å². The monoisotopic (exact) mass is 379 g/mol. The Hall–Kier alpha value is -2.68.